The molecular weight excluding hydrogens is 304 g/mol. The molecule has 1 amide bonds. The van der Waals surface area contributed by atoms with Gasteiger partial charge < -0.3 is 15.3 Å². The Labute approximate surface area is 140 Å². The maximum absolute atomic E-state index is 12.6. The van der Waals surface area contributed by atoms with Gasteiger partial charge in [-0.05, 0) is 25.3 Å². The molecule has 0 spiro atoms. The number of hydrogen-bond donors (Lipinski definition) is 2. The third-order valence-corrected chi connectivity index (χ3v) is 3.75. The smallest absolute Gasteiger partial charge is 0.331 e. The summed E-state index contributed by atoms with van der Waals surface area (Å²) < 4.78 is 0. The third-order valence-electron chi connectivity index (χ3n) is 3.75. The second-order valence-electron chi connectivity index (χ2n) is 6.04. The number of halogens is 1. The molecule has 0 saturated carbocycles. The maximum atomic E-state index is 12.6. The minimum absolute atomic E-state index is 0. The van der Waals surface area contributed by atoms with Crippen LogP contribution in [0.15, 0.2) is 11.6 Å². The third kappa shape index (κ3) is 6.36. The Morgan fingerprint density at radius 1 is 1.18 bits per heavy atom. The Balaban J connectivity index is 0. The summed E-state index contributed by atoms with van der Waals surface area (Å²) in [7, 11) is 3.51. The Bertz CT molecular complexity index is 395. The molecule has 0 aromatic carbocycles. The summed E-state index contributed by atoms with van der Waals surface area (Å²) in [6.45, 7) is 9.76. The molecule has 0 saturated heterocycles. The topological polar surface area (TPSA) is 69.6 Å². The van der Waals surface area contributed by atoms with E-state index in [4.69, 9.17) is 0 Å². The standard InChI is InChI=1S/C16H30N2O3.ClH/c1-8-12(16(20)21)9-13(10(2)3)18(7)15(19)14(17-6)11(4)5;/h9-11,13-14,17H,8H2,1-7H3,(H,20,21);1H/t13-,14+;/m1./s1. The number of nitrogens with zero attached hydrogens (tertiary/aromatic N) is 1. The van der Waals surface area contributed by atoms with E-state index in [1.807, 2.05) is 34.6 Å². The molecule has 0 aromatic heterocycles. The van der Waals surface area contributed by atoms with Crippen molar-refractivity contribution >= 4 is 24.3 Å². The van der Waals surface area contributed by atoms with Crippen LogP contribution in [-0.4, -0.2) is 48.1 Å². The summed E-state index contributed by atoms with van der Waals surface area (Å²) in [4.78, 5) is 25.4. The molecule has 0 heterocycles. The number of likely N-dealkylation sites (N-methyl/N-ethyl adjacent to an activating group) is 2. The molecule has 0 aliphatic carbocycles. The number of aliphatic carboxylic acids is 1. The SMILES string of the molecule is CCC(=C[C@H](C(C)C)N(C)C(=O)[C@@H](NC)C(C)C)C(=O)O.Cl. The number of nitrogens with one attached hydrogen (secondary N) is 1. The number of carboxylic acids is 1. The zero-order valence-electron chi connectivity index (χ0n) is 14.7. The molecule has 0 fully saturated rings. The van der Waals surface area contributed by atoms with Gasteiger partial charge in [0.15, 0.2) is 0 Å². The molecule has 0 bridgehead atoms. The molecule has 5 nitrogen and oxygen atoms in total. The van der Waals surface area contributed by atoms with Gasteiger partial charge in [-0.1, -0.05) is 40.7 Å². The van der Waals surface area contributed by atoms with Crippen LogP contribution in [0.4, 0.5) is 0 Å². The molecule has 0 radical (unpaired) electrons. The summed E-state index contributed by atoms with van der Waals surface area (Å²) >= 11 is 0. The van der Waals surface area contributed by atoms with Gasteiger partial charge in [0.05, 0.1) is 12.1 Å². The van der Waals surface area contributed by atoms with Crippen LogP contribution in [0.2, 0.25) is 0 Å². The molecule has 130 valence electrons. The lowest BCUT2D eigenvalue weighted by Gasteiger charge is -2.33. The van der Waals surface area contributed by atoms with Gasteiger partial charge in [-0.3, -0.25) is 4.79 Å². The van der Waals surface area contributed by atoms with Gasteiger partial charge in [-0.25, -0.2) is 4.79 Å². The first kappa shape index (κ1) is 23.2. The summed E-state index contributed by atoms with van der Waals surface area (Å²) in [5, 5.41) is 12.2. The fraction of sp³-hybridized carbons (Fsp3) is 0.750. The minimum atomic E-state index is -0.918. The van der Waals surface area contributed by atoms with Crippen molar-refractivity contribution in [2.24, 2.45) is 11.8 Å². The molecule has 2 N–H and O–H groups in total. The molecule has 0 aromatic rings. The largest absolute Gasteiger partial charge is 0.478 e. The lowest BCUT2D eigenvalue weighted by Crippen LogP contribution is -2.51. The van der Waals surface area contributed by atoms with E-state index in [1.54, 1.807) is 25.1 Å². The fourth-order valence-corrected chi connectivity index (χ4v) is 2.41. The Morgan fingerprint density at radius 3 is 1.95 bits per heavy atom. The zero-order valence-corrected chi connectivity index (χ0v) is 15.5. The highest BCUT2D eigenvalue weighted by atomic mass is 35.5. The lowest BCUT2D eigenvalue weighted by molar-refractivity contribution is -0.136. The number of amides is 1. The Kier molecular flexibility index (Phi) is 11.2. The number of hydrogen-bond acceptors (Lipinski definition) is 3. The van der Waals surface area contributed by atoms with Crippen molar-refractivity contribution < 1.29 is 14.7 Å². The molecule has 0 rings (SSSR count). The van der Waals surface area contributed by atoms with Crippen LogP contribution in [-0.2, 0) is 9.59 Å². The molecular formula is C16H31ClN2O3. The van der Waals surface area contributed by atoms with Crippen molar-refractivity contribution in [2.75, 3.05) is 14.1 Å². The van der Waals surface area contributed by atoms with Gasteiger partial charge in [0.25, 0.3) is 0 Å². The van der Waals surface area contributed by atoms with E-state index in [0.29, 0.717) is 12.0 Å². The van der Waals surface area contributed by atoms with Crippen LogP contribution in [0.1, 0.15) is 41.0 Å². The highest BCUT2D eigenvalue weighted by Gasteiger charge is 2.29. The van der Waals surface area contributed by atoms with Crippen LogP contribution in [0, 0.1) is 11.8 Å². The number of carbonyl (C=O) groups is 2. The van der Waals surface area contributed by atoms with Crippen molar-refractivity contribution in [2.45, 2.75) is 53.1 Å². The highest BCUT2D eigenvalue weighted by Crippen LogP contribution is 2.17. The molecule has 2 atom stereocenters. The van der Waals surface area contributed by atoms with E-state index >= 15 is 0 Å². The second-order valence-corrected chi connectivity index (χ2v) is 6.04. The lowest BCUT2D eigenvalue weighted by atomic mass is 9.96. The molecule has 6 heteroatoms. The van der Waals surface area contributed by atoms with Crippen LogP contribution in [0.25, 0.3) is 0 Å². The number of carboxylic acid groups (broad SMARTS) is 1. The van der Waals surface area contributed by atoms with Crippen molar-refractivity contribution in [3.63, 3.8) is 0 Å². The first-order chi connectivity index (χ1) is 9.67. The average molecular weight is 335 g/mol. The van der Waals surface area contributed by atoms with Crippen LogP contribution in [0.3, 0.4) is 0 Å². The summed E-state index contributed by atoms with van der Waals surface area (Å²) in [6, 6.07) is -0.488. The molecule has 0 unspecified atom stereocenters. The zero-order chi connectivity index (χ0) is 16.7. The first-order valence-corrected chi connectivity index (χ1v) is 7.55. The quantitative estimate of drug-likeness (QED) is 0.669. The van der Waals surface area contributed by atoms with E-state index in [-0.39, 0.29) is 42.2 Å². The van der Waals surface area contributed by atoms with Gasteiger partial charge in [-0.15, -0.1) is 12.4 Å². The predicted molar refractivity (Wildman–Crippen MR) is 92.3 cm³/mol. The van der Waals surface area contributed by atoms with E-state index in [2.05, 4.69) is 5.32 Å². The second kappa shape index (κ2) is 10.6. The average Bonchev–Trinajstić information content (AvgIpc) is 2.38. The van der Waals surface area contributed by atoms with Crippen molar-refractivity contribution in [3.05, 3.63) is 11.6 Å². The van der Waals surface area contributed by atoms with Crippen molar-refractivity contribution in [1.82, 2.24) is 10.2 Å². The van der Waals surface area contributed by atoms with Crippen molar-refractivity contribution in [1.29, 1.82) is 0 Å². The van der Waals surface area contributed by atoms with E-state index < -0.39 is 5.97 Å². The highest BCUT2D eigenvalue weighted by molar-refractivity contribution is 5.87. The first-order valence-electron chi connectivity index (χ1n) is 7.55. The summed E-state index contributed by atoms with van der Waals surface area (Å²) in [6.07, 6.45) is 2.15. The van der Waals surface area contributed by atoms with E-state index in [9.17, 15) is 14.7 Å². The van der Waals surface area contributed by atoms with Crippen molar-refractivity contribution in [3.8, 4) is 0 Å². The summed E-state index contributed by atoms with van der Waals surface area (Å²) in [5.74, 6) is -0.613. The normalized spacial score (nSPS) is 14.5. The molecule has 0 aliphatic rings. The van der Waals surface area contributed by atoms with E-state index in [0.717, 1.165) is 0 Å². The van der Waals surface area contributed by atoms with Crippen LogP contribution >= 0.6 is 12.4 Å². The molecule has 22 heavy (non-hydrogen) atoms. The van der Waals surface area contributed by atoms with Gasteiger partial charge >= 0.3 is 5.97 Å². The maximum Gasteiger partial charge on any atom is 0.331 e. The Morgan fingerprint density at radius 2 is 1.68 bits per heavy atom. The van der Waals surface area contributed by atoms with E-state index in [1.165, 1.54) is 0 Å². The number of rotatable bonds is 8. The van der Waals surface area contributed by atoms with Gasteiger partial charge in [0, 0.05) is 12.6 Å². The molecule has 0 aliphatic heterocycles. The minimum Gasteiger partial charge on any atom is -0.478 e. The predicted octanol–water partition coefficient (Wildman–Crippen LogP) is 2.56. The summed E-state index contributed by atoms with van der Waals surface area (Å²) in [5.41, 5.74) is 0.346. The van der Waals surface area contributed by atoms with Gasteiger partial charge in [0.2, 0.25) is 5.91 Å². The van der Waals surface area contributed by atoms with Gasteiger partial charge in [-0.2, -0.15) is 0 Å². The fourth-order valence-electron chi connectivity index (χ4n) is 2.41. The number of carbonyl (C=O) groups excluding carboxylic acids is 1. The van der Waals surface area contributed by atoms with Crippen LogP contribution < -0.4 is 5.32 Å². The Hall–Kier alpha value is -1.07. The monoisotopic (exact) mass is 334 g/mol. The van der Waals surface area contributed by atoms with Gasteiger partial charge in [0.1, 0.15) is 0 Å². The van der Waals surface area contributed by atoms with Crippen LogP contribution in [0.5, 0.6) is 0 Å².